The van der Waals surface area contributed by atoms with Crippen LogP contribution in [0.5, 0.6) is 0 Å². The van der Waals surface area contributed by atoms with E-state index < -0.39 is 5.60 Å². The van der Waals surface area contributed by atoms with Gasteiger partial charge in [-0.2, -0.15) is 0 Å². The molecule has 0 aliphatic carbocycles. The molecule has 0 saturated carbocycles. The molecule has 0 aromatic carbocycles. The zero-order chi connectivity index (χ0) is 15.7. The highest BCUT2D eigenvalue weighted by molar-refractivity contribution is 5.68. The van der Waals surface area contributed by atoms with E-state index in [0.29, 0.717) is 11.5 Å². The largest absolute Gasteiger partial charge is 0.444 e. The van der Waals surface area contributed by atoms with Gasteiger partial charge in [0.05, 0.1) is 0 Å². The zero-order valence-electron chi connectivity index (χ0n) is 14.4. The number of amides is 1. The molecule has 2 heterocycles. The number of carbonyl (C=O) groups is 1. The molecule has 1 amide bonds. The molecular formula is C17H32N2O2. The van der Waals surface area contributed by atoms with E-state index in [2.05, 4.69) is 18.7 Å². The molecule has 0 unspecified atom stereocenters. The first kappa shape index (κ1) is 16.6. The van der Waals surface area contributed by atoms with E-state index in [9.17, 15) is 4.79 Å². The summed E-state index contributed by atoms with van der Waals surface area (Å²) in [4.78, 5) is 16.6. The van der Waals surface area contributed by atoms with Crippen LogP contribution < -0.4 is 0 Å². The molecule has 0 radical (unpaired) electrons. The van der Waals surface area contributed by atoms with Gasteiger partial charge in [-0.1, -0.05) is 0 Å². The van der Waals surface area contributed by atoms with Gasteiger partial charge < -0.3 is 14.5 Å². The van der Waals surface area contributed by atoms with E-state index in [1.165, 1.54) is 25.9 Å². The van der Waals surface area contributed by atoms with E-state index >= 15 is 0 Å². The summed E-state index contributed by atoms with van der Waals surface area (Å²) in [6.07, 6.45) is 4.70. The monoisotopic (exact) mass is 296 g/mol. The average molecular weight is 296 g/mol. The first-order valence-electron chi connectivity index (χ1n) is 8.43. The minimum absolute atomic E-state index is 0.142. The summed E-state index contributed by atoms with van der Waals surface area (Å²) in [6.45, 7) is 14.5. The summed E-state index contributed by atoms with van der Waals surface area (Å²) in [5, 5.41) is 0. The third-order valence-corrected chi connectivity index (χ3v) is 5.06. The molecule has 2 rings (SSSR count). The van der Waals surface area contributed by atoms with Crippen molar-refractivity contribution in [2.24, 2.45) is 5.41 Å². The molecule has 2 saturated heterocycles. The fourth-order valence-electron chi connectivity index (χ4n) is 3.50. The Morgan fingerprint density at radius 1 is 1.00 bits per heavy atom. The van der Waals surface area contributed by atoms with Crippen molar-refractivity contribution in [3.63, 3.8) is 0 Å². The molecule has 2 aliphatic heterocycles. The van der Waals surface area contributed by atoms with Crippen molar-refractivity contribution in [1.29, 1.82) is 0 Å². The molecule has 2 fully saturated rings. The number of piperidine rings is 2. The zero-order valence-corrected chi connectivity index (χ0v) is 14.4. The maximum absolute atomic E-state index is 12.1. The molecule has 21 heavy (non-hydrogen) atoms. The highest BCUT2D eigenvalue weighted by atomic mass is 16.6. The molecule has 0 aromatic heterocycles. The van der Waals surface area contributed by atoms with E-state index in [1.54, 1.807) is 0 Å². The Morgan fingerprint density at radius 3 is 1.90 bits per heavy atom. The molecule has 0 N–H and O–H groups in total. The van der Waals surface area contributed by atoms with Crippen LogP contribution in [0.2, 0.25) is 0 Å². The molecule has 122 valence electrons. The van der Waals surface area contributed by atoms with Crippen molar-refractivity contribution in [2.75, 3.05) is 26.2 Å². The van der Waals surface area contributed by atoms with Crippen molar-refractivity contribution < 1.29 is 9.53 Å². The summed E-state index contributed by atoms with van der Waals surface area (Å²) >= 11 is 0. The van der Waals surface area contributed by atoms with Crippen LogP contribution in [-0.2, 0) is 4.74 Å². The van der Waals surface area contributed by atoms with Crippen LogP contribution in [0.1, 0.15) is 60.3 Å². The minimum atomic E-state index is -0.394. The summed E-state index contributed by atoms with van der Waals surface area (Å²) in [7, 11) is 0. The Labute approximate surface area is 129 Å². The lowest BCUT2D eigenvalue weighted by Gasteiger charge is -2.47. The van der Waals surface area contributed by atoms with E-state index in [4.69, 9.17) is 4.74 Å². The summed E-state index contributed by atoms with van der Waals surface area (Å²) in [5.74, 6) is 0. The second-order valence-electron chi connectivity index (χ2n) is 8.10. The lowest BCUT2D eigenvalue weighted by Crippen LogP contribution is -2.50. The molecule has 0 bridgehead atoms. The lowest BCUT2D eigenvalue weighted by molar-refractivity contribution is -0.00513. The number of hydrogen-bond acceptors (Lipinski definition) is 3. The van der Waals surface area contributed by atoms with Crippen LogP contribution in [-0.4, -0.2) is 53.7 Å². The number of ether oxygens (including phenoxy) is 1. The van der Waals surface area contributed by atoms with E-state index in [1.807, 2.05) is 25.7 Å². The van der Waals surface area contributed by atoms with Crippen LogP contribution in [0.15, 0.2) is 0 Å². The van der Waals surface area contributed by atoms with E-state index in [0.717, 1.165) is 25.9 Å². The van der Waals surface area contributed by atoms with Gasteiger partial charge in [-0.3, -0.25) is 0 Å². The quantitative estimate of drug-likeness (QED) is 0.742. The predicted molar refractivity (Wildman–Crippen MR) is 85.4 cm³/mol. The van der Waals surface area contributed by atoms with Gasteiger partial charge in [0.2, 0.25) is 0 Å². The maximum atomic E-state index is 12.1. The number of hydrogen-bond donors (Lipinski definition) is 0. The lowest BCUT2D eigenvalue weighted by atomic mass is 9.71. The van der Waals surface area contributed by atoms with Gasteiger partial charge in [0.25, 0.3) is 0 Å². The first-order chi connectivity index (χ1) is 9.71. The fraction of sp³-hybridized carbons (Fsp3) is 0.941. The fourth-order valence-corrected chi connectivity index (χ4v) is 3.50. The second-order valence-corrected chi connectivity index (χ2v) is 8.10. The standard InChI is InChI=1S/C17H32N2O2/c1-14(2)18-10-6-17(7-11-18)8-12-19(13-9-17)15(20)21-16(3,4)5/h14H,6-13H2,1-5H3. The Hall–Kier alpha value is -0.770. The van der Waals surface area contributed by atoms with Gasteiger partial charge in [-0.15, -0.1) is 0 Å². The molecule has 4 nitrogen and oxygen atoms in total. The SMILES string of the molecule is CC(C)N1CCC2(CCN(C(=O)OC(C)(C)C)CC2)CC1. The number of carbonyl (C=O) groups excluding carboxylic acids is 1. The maximum Gasteiger partial charge on any atom is 0.410 e. The van der Waals surface area contributed by atoms with Crippen LogP contribution in [0.25, 0.3) is 0 Å². The van der Waals surface area contributed by atoms with E-state index in [-0.39, 0.29) is 6.09 Å². The predicted octanol–water partition coefficient (Wildman–Crippen LogP) is 3.51. The van der Waals surface area contributed by atoms with Crippen LogP contribution >= 0.6 is 0 Å². The first-order valence-corrected chi connectivity index (χ1v) is 8.43. The van der Waals surface area contributed by atoms with Gasteiger partial charge in [-0.05, 0) is 78.8 Å². The highest BCUT2D eigenvalue weighted by Gasteiger charge is 2.39. The highest BCUT2D eigenvalue weighted by Crippen LogP contribution is 2.41. The molecule has 1 spiro atoms. The third-order valence-electron chi connectivity index (χ3n) is 5.06. The second kappa shape index (κ2) is 6.15. The average Bonchev–Trinajstić information content (AvgIpc) is 2.38. The number of rotatable bonds is 1. The van der Waals surface area contributed by atoms with Crippen molar-refractivity contribution in [3.05, 3.63) is 0 Å². The van der Waals surface area contributed by atoms with Crippen LogP contribution in [0.4, 0.5) is 4.79 Å². The Morgan fingerprint density at radius 2 is 1.48 bits per heavy atom. The molecule has 0 aromatic rings. The Balaban J connectivity index is 1.82. The van der Waals surface area contributed by atoms with Crippen molar-refractivity contribution in [3.8, 4) is 0 Å². The minimum Gasteiger partial charge on any atom is -0.444 e. The molecular weight excluding hydrogens is 264 g/mol. The van der Waals surface area contributed by atoms with Crippen molar-refractivity contribution >= 4 is 6.09 Å². The normalized spacial score (nSPS) is 23.6. The van der Waals surface area contributed by atoms with Gasteiger partial charge in [-0.25, -0.2) is 4.79 Å². The topological polar surface area (TPSA) is 32.8 Å². The number of nitrogens with zero attached hydrogens (tertiary/aromatic N) is 2. The van der Waals surface area contributed by atoms with Gasteiger partial charge in [0.1, 0.15) is 5.60 Å². The molecule has 2 aliphatic rings. The Kier molecular flexibility index (Phi) is 4.86. The molecule has 4 heteroatoms. The summed E-state index contributed by atoms with van der Waals surface area (Å²) in [6, 6.07) is 0.657. The molecule has 0 atom stereocenters. The van der Waals surface area contributed by atoms with Crippen LogP contribution in [0, 0.1) is 5.41 Å². The Bertz CT molecular complexity index is 355. The smallest absolute Gasteiger partial charge is 0.410 e. The van der Waals surface area contributed by atoms with Gasteiger partial charge >= 0.3 is 6.09 Å². The van der Waals surface area contributed by atoms with Gasteiger partial charge in [0, 0.05) is 19.1 Å². The van der Waals surface area contributed by atoms with Crippen LogP contribution in [0.3, 0.4) is 0 Å². The van der Waals surface area contributed by atoms with Gasteiger partial charge in [0.15, 0.2) is 0 Å². The van der Waals surface area contributed by atoms with Crippen molar-refractivity contribution in [2.45, 2.75) is 71.9 Å². The van der Waals surface area contributed by atoms with Crippen molar-refractivity contribution in [1.82, 2.24) is 9.80 Å². The number of likely N-dealkylation sites (tertiary alicyclic amines) is 2. The summed E-state index contributed by atoms with van der Waals surface area (Å²) < 4.78 is 5.48. The summed E-state index contributed by atoms with van der Waals surface area (Å²) in [5.41, 5.74) is 0.0821. The third kappa shape index (κ3) is 4.35.